The van der Waals surface area contributed by atoms with E-state index < -0.39 is 0 Å². The fourth-order valence-electron chi connectivity index (χ4n) is 2.48. The van der Waals surface area contributed by atoms with E-state index in [1.807, 2.05) is 12.1 Å². The molecule has 3 heteroatoms. The molecule has 3 nitrogen and oxygen atoms in total. The Balaban J connectivity index is 1.93. The zero-order valence-electron chi connectivity index (χ0n) is 10.9. The normalized spacial score (nSPS) is 22.8. The molecule has 94 valence electrons. The summed E-state index contributed by atoms with van der Waals surface area (Å²) in [6.45, 7) is 6.83. The predicted octanol–water partition coefficient (Wildman–Crippen LogP) is 1.79. The molecule has 2 N–H and O–H groups in total. The van der Waals surface area contributed by atoms with Gasteiger partial charge in [0.15, 0.2) is 0 Å². The number of anilines is 1. The lowest BCUT2D eigenvalue weighted by molar-refractivity contribution is 0.0884. The van der Waals surface area contributed by atoms with Crippen molar-refractivity contribution in [2.45, 2.75) is 25.9 Å². The lowest BCUT2D eigenvalue weighted by atomic mass is 10.1. The number of benzene rings is 1. The van der Waals surface area contributed by atoms with Gasteiger partial charge in [0, 0.05) is 37.9 Å². The average molecular weight is 233 g/mol. The lowest BCUT2D eigenvalue weighted by Crippen LogP contribution is -2.50. The number of hydrogen-bond acceptors (Lipinski definition) is 3. The van der Waals surface area contributed by atoms with Crippen molar-refractivity contribution in [1.29, 1.82) is 0 Å². The van der Waals surface area contributed by atoms with Crippen LogP contribution in [-0.2, 0) is 6.54 Å². The first-order valence-corrected chi connectivity index (χ1v) is 6.46. The van der Waals surface area contributed by atoms with E-state index in [-0.39, 0.29) is 0 Å². The third-order valence-electron chi connectivity index (χ3n) is 3.72. The summed E-state index contributed by atoms with van der Waals surface area (Å²) in [4.78, 5) is 5.01. The largest absolute Gasteiger partial charge is 0.399 e. The molecule has 1 saturated heterocycles. The molecule has 1 aliphatic rings. The minimum atomic E-state index is 0.706. The van der Waals surface area contributed by atoms with Crippen LogP contribution in [0.4, 0.5) is 5.69 Å². The molecule has 1 heterocycles. The maximum Gasteiger partial charge on any atom is 0.0314 e. The standard InChI is InChI=1S/C14H23N3/c1-3-14-11-17(9-8-16(14)2)10-12-4-6-13(15)7-5-12/h4-7,14H,3,8-11,15H2,1-2H3. The summed E-state index contributed by atoms with van der Waals surface area (Å²) in [5.74, 6) is 0. The van der Waals surface area contributed by atoms with Gasteiger partial charge in [-0.25, -0.2) is 0 Å². The number of nitrogens with two attached hydrogens (primary N) is 1. The second-order valence-corrected chi connectivity index (χ2v) is 5.02. The monoisotopic (exact) mass is 233 g/mol. The number of likely N-dealkylation sites (N-methyl/N-ethyl adjacent to an activating group) is 1. The van der Waals surface area contributed by atoms with E-state index in [1.54, 1.807) is 0 Å². The Labute approximate surface area is 104 Å². The molecule has 0 bridgehead atoms. The van der Waals surface area contributed by atoms with E-state index in [9.17, 15) is 0 Å². The third-order valence-corrected chi connectivity index (χ3v) is 3.72. The Hall–Kier alpha value is -1.06. The highest BCUT2D eigenvalue weighted by Crippen LogP contribution is 2.14. The molecule has 0 spiro atoms. The summed E-state index contributed by atoms with van der Waals surface area (Å²) < 4.78 is 0. The number of nitrogens with zero attached hydrogens (tertiary/aromatic N) is 2. The van der Waals surface area contributed by atoms with Crippen molar-refractivity contribution in [2.75, 3.05) is 32.4 Å². The lowest BCUT2D eigenvalue weighted by Gasteiger charge is -2.39. The SMILES string of the molecule is CCC1CN(Cc2ccc(N)cc2)CCN1C. The third kappa shape index (κ3) is 3.20. The predicted molar refractivity (Wildman–Crippen MR) is 72.8 cm³/mol. The average Bonchev–Trinajstić information content (AvgIpc) is 2.34. The van der Waals surface area contributed by atoms with E-state index in [4.69, 9.17) is 5.73 Å². The molecule has 1 unspecified atom stereocenters. The molecular formula is C14H23N3. The maximum atomic E-state index is 5.70. The summed E-state index contributed by atoms with van der Waals surface area (Å²) in [6.07, 6.45) is 1.23. The Kier molecular flexibility index (Phi) is 4.02. The van der Waals surface area contributed by atoms with Crippen LogP contribution in [-0.4, -0.2) is 42.5 Å². The molecular weight excluding hydrogens is 210 g/mol. The van der Waals surface area contributed by atoms with Crippen LogP contribution >= 0.6 is 0 Å². The highest BCUT2D eigenvalue weighted by molar-refractivity contribution is 5.39. The van der Waals surface area contributed by atoms with Gasteiger partial charge in [-0.15, -0.1) is 0 Å². The van der Waals surface area contributed by atoms with Crippen molar-refractivity contribution in [3.63, 3.8) is 0 Å². The highest BCUT2D eigenvalue weighted by Gasteiger charge is 2.22. The minimum absolute atomic E-state index is 0.706. The van der Waals surface area contributed by atoms with Gasteiger partial charge in [-0.2, -0.15) is 0 Å². The van der Waals surface area contributed by atoms with Crippen molar-refractivity contribution < 1.29 is 0 Å². The van der Waals surface area contributed by atoms with Crippen LogP contribution in [0.25, 0.3) is 0 Å². The van der Waals surface area contributed by atoms with Gasteiger partial charge >= 0.3 is 0 Å². The van der Waals surface area contributed by atoms with Gasteiger partial charge in [0.05, 0.1) is 0 Å². The van der Waals surface area contributed by atoms with E-state index in [0.717, 1.165) is 18.8 Å². The molecule has 1 fully saturated rings. The summed E-state index contributed by atoms with van der Waals surface area (Å²) in [5, 5.41) is 0. The van der Waals surface area contributed by atoms with Crippen LogP contribution in [0.3, 0.4) is 0 Å². The molecule has 1 aliphatic heterocycles. The molecule has 0 amide bonds. The highest BCUT2D eigenvalue weighted by atomic mass is 15.3. The molecule has 0 saturated carbocycles. The first-order chi connectivity index (χ1) is 8.19. The van der Waals surface area contributed by atoms with E-state index >= 15 is 0 Å². The smallest absolute Gasteiger partial charge is 0.0314 e. The number of piperazine rings is 1. The summed E-state index contributed by atoms with van der Waals surface area (Å²) in [7, 11) is 2.23. The minimum Gasteiger partial charge on any atom is -0.399 e. The van der Waals surface area contributed by atoms with Crippen molar-refractivity contribution in [3.8, 4) is 0 Å². The van der Waals surface area contributed by atoms with Crippen molar-refractivity contribution >= 4 is 5.69 Å². The number of hydrogen-bond donors (Lipinski definition) is 1. The van der Waals surface area contributed by atoms with Crippen molar-refractivity contribution in [3.05, 3.63) is 29.8 Å². The molecule has 1 aromatic rings. The summed E-state index contributed by atoms with van der Waals surface area (Å²) in [6, 6.07) is 8.95. The zero-order valence-corrected chi connectivity index (χ0v) is 10.9. The summed E-state index contributed by atoms with van der Waals surface area (Å²) >= 11 is 0. The molecule has 0 aromatic heterocycles. The van der Waals surface area contributed by atoms with E-state index in [0.29, 0.717) is 6.04 Å². The van der Waals surface area contributed by atoms with Crippen LogP contribution in [0.2, 0.25) is 0 Å². The topological polar surface area (TPSA) is 32.5 Å². The Morgan fingerprint density at radius 2 is 1.94 bits per heavy atom. The first kappa shape index (κ1) is 12.4. The second-order valence-electron chi connectivity index (χ2n) is 5.02. The Morgan fingerprint density at radius 3 is 2.59 bits per heavy atom. The van der Waals surface area contributed by atoms with Crippen molar-refractivity contribution in [1.82, 2.24) is 9.80 Å². The second kappa shape index (κ2) is 5.52. The quantitative estimate of drug-likeness (QED) is 0.808. The van der Waals surface area contributed by atoms with Crippen LogP contribution < -0.4 is 5.73 Å². The van der Waals surface area contributed by atoms with Gasteiger partial charge in [-0.3, -0.25) is 4.90 Å². The van der Waals surface area contributed by atoms with Crippen LogP contribution in [0, 0.1) is 0 Å². The Morgan fingerprint density at radius 1 is 1.24 bits per heavy atom. The van der Waals surface area contributed by atoms with Gasteiger partial charge in [-0.05, 0) is 31.2 Å². The van der Waals surface area contributed by atoms with Crippen molar-refractivity contribution in [2.24, 2.45) is 0 Å². The van der Waals surface area contributed by atoms with E-state index in [1.165, 1.54) is 25.1 Å². The summed E-state index contributed by atoms with van der Waals surface area (Å²) in [5.41, 5.74) is 7.91. The van der Waals surface area contributed by atoms with Gasteiger partial charge < -0.3 is 10.6 Å². The molecule has 0 radical (unpaired) electrons. The molecule has 1 atom stereocenters. The molecule has 2 rings (SSSR count). The Bertz CT molecular complexity index is 347. The van der Waals surface area contributed by atoms with Crippen LogP contribution in [0.5, 0.6) is 0 Å². The van der Waals surface area contributed by atoms with Crippen LogP contribution in [0.1, 0.15) is 18.9 Å². The molecule has 17 heavy (non-hydrogen) atoms. The molecule has 1 aromatic carbocycles. The number of rotatable bonds is 3. The van der Waals surface area contributed by atoms with E-state index in [2.05, 4.69) is 35.9 Å². The van der Waals surface area contributed by atoms with Crippen LogP contribution in [0.15, 0.2) is 24.3 Å². The maximum absolute atomic E-state index is 5.70. The fourth-order valence-corrected chi connectivity index (χ4v) is 2.48. The number of nitrogen functional groups attached to an aromatic ring is 1. The fraction of sp³-hybridized carbons (Fsp3) is 0.571. The van der Waals surface area contributed by atoms with Gasteiger partial charge in [0.25, 0.3) is 0 Å². The zero-order chi connectivity index (χ0) is 12.3. The van der Waals surface area contributed by atoms with Gasteiger partial charge in [0.2, 0.25) is 0 Å². The molecule has 0 aliphatic carbocycles. The van der Waals surface area contributed by atoms with Gasteiger partial charge in [-0.1, -0.05) is 19.1 Å². The first-order valence-electron chi connectivity index (χ1n) is 6.46. The van der Waals surface area contributed by atoms with Gasteiger partial charge in [0.1, 0.15) is 0 Å².